The molecule has 4 heteroatoms. The van der Waals surface area contributed by atoms with Crippen molar-refractivity contribution in [1.29, 1.82) is 0 Å². The molecule has 1 aromatic rings. The maximum absolute atomic E-state index is 10.3. The summed E-state index contributed by atoms with van der Waals surface area (Å²) in [6.45, 7) is 6.57. The molecule has 0 radical (unpaired) electrons. The highest BCUT2D eigenvalue weighted by molar-refractivity contribution is 7.99. The summed E-state index contributed by atoms with van der Waals surface area (Å²) in [5, 5.41) is 10.5. The summed E-state index contributed by atoms with van der Waals surface area (Å²) in [5.41, 5.74) is 0.969. The van der Waals surface area contributed by atoms with Crippen molar-refractivity contribution in [2.24, 2.45) is 0 Å². The summed E-state index contributed by atoms with van der Waals surface area (Å²) in [5.74, 6) is 0.0755. The number of rotatable bonds is 4. The number of thiophene rings is 1. The summed E-state index contributed by atoms with van der Waals surface area (Å²) >= 11 is 3.57. The van der Waals surface area contributed by atoms with Gasteiger partial charge in [0, 0.05) is 21.5 Å². The van der Waals surface area contributed by atoms with E-state index >= 15 is 0 Å². The van der Waals surface area contributed by atoms with Crippen LogP contribution in [0.15, 0.2) is 17.5 Å². The number of hydrogen-bond acceptors (Lipinski definition) is 3. The van der Waals surface area contributed by atoms with Gasteiger partial charge in [-0.15, -0.1) is 11.3 Å². The minimum absolute atomic E-state index is 0.265. The molecule has 1 N–H and O–H groups in total. The first kappa shape index (κ1) is 13.3. The van der Waals surface area contributed by atoms with Gasteiger partial charge in [-0.05, 0) is 23.1 Å². The molecule has 0 amide bonds. The number of hydrogen-bond donors (Lipinski definition) is 1. The highest BCUT2D eigenvalue weighted by atomic mass is 32.2. The molecular formula is C12H16O2S2. The molecule has 0 saturated heterocycles. The van der Waals surface area contributed by atoms with Gasteiger partial charge < -0.3 is 5.11 Å². The van der Waals surface area contributed by atoms with Crippen LogP contribution in [-0.4, -0.2) is 15.8 Å². The summed E-state index contributed by atoms with van der Waals surface area (Å²) in [4.78, 5) is 11.6. The topological polar surface area (TPSA) is 37.3 Å². The number of thioether (sulfide) groups is 1. The van der Waals surface area contributed by atoms with Crippen molar-refractivity contribution in [1.82, 2.24) is 0 Å². The Hall–Kier alpha value is -0.740. The molecule has 0 spiro atoms. The van der Waals surface area contributed by atoms with E-state index in [1.807, 2.05) is 23.2 Å². The van der Waals surface area contributed by atoms with Crippen molar-refractivity contribution in [2.45, 2.75) is 31.3 Å². The molecule has 0 saturated carbocycles. The van der Waals surface area contributed by atoms with E-state index in [0.29, 0.717) is 0 Å². The van der Waals surface area contributed by atoms with Crippen LogP contribution in [0.1, 0.15) is 31.2 Å². The SMILES string of the molecule is CC(C)(C)SCc1cc(C=CC(=O)O)cs1. The lowest BCUT2D eigenvalue weighted by Gasteiger charge is -2.16. The Labute approximate surface area is 104 Å². The predicted molar refractivity (Wildman–Crippen MR) is 72.0 cm³/mol. The van der Waals surface area contributed by atoms with Gasteiger partial charge >= 0.3 is 5.97 Å². The van der Waals surface area contributed by atoms with Crippen LogP contribution in [0.4, 0.5) is 0 Å². The molecule has 1 heterocycles. The average Bonchev–Trinajstić information content (AvgIpc) is 2.58. The third-order valence-electron chi connectivity index (χ3n) is 1.74. The zero-order valence-corrected chi connectivity index (χ0v) is 11.3. The van der Waals surface area contributed by atoms with Gasteiger partial charge in [0.05, 0.1) is 0 Å². The lowest BCUT2D eigenvalue weighted by atomic mass is 10.3. The average molecular weight is 256 g/mol. The monoisotopic (exact) mass is 256 g/mol. The molecule has 88 valence electrons. The van der Waals surface area contributed by atoms with E-state index in [1.165, 1.54) is 11.0 Å². The van der Waals surface area contributed by atoms with Crippen molar-refractivity contribution in [3.8, 4) is 0 Å². The Morgan fingerprint density at radius 1 is 1.56 bits per heavy atom. The lowest BCUT2D eigenvalue weighted by Crippen LogP contribution is -2.06. The van der Waals surface area contributed by atoms with Gasteiger partial charge in [-0.2, -0.15) is 11.8 Å². The molecule has 1 aromatic heterocycles. The Bertz CT molecular complexity index is 386. The van der Waals surface area contributed by atoms with E-state index in [4.69, 9.17) is 5.11 Å². The minimum atomic E-state index is -0.906. The van der Waals surface area contributed by atoms with Crippen molar-refractivity contribution in [3.05, 3.63) is 28.0 Å². The van der Waals surface area contributed by atoms with Gasteiger partial charge in [-0.1, -0.05) is 20.8 Å². The molecule has 0 fully saturated rings. The molecule has 0 aromatic carbocycles. The molecule has 1 rings (SSSR count). The largest absolute Gasteiger partial charge is 0.478 e. The van der Waals surface area contributed by atoms with Crippen molar-refractivity contribution < 1.29 is 9.90 Å². The van der Waals surface area contributed by atoms with Gasteiger partial charge in [-0.3, -0.25) is 0 Å². The standard InChI is InChI=1S/C12H16O2S2/c1-12(2,3)16-8-10-6-9(7-15-10)4-5-11(13)14/h4-7H,8H2,1-3H3,(H,13,14). The molecule has 0 unspecified atom stereocenters. The molecule has 0 aliphatic heterocycles. The van der Waals surface area contributed by atoms with Gasteiger partial charge in [0.15, 0.2) is 0 Å². The fourth-order valence-corrected chi connectivity index (χ4v) is 2.76. The normalized spacial score (nSPS) is 12.2. The number of carbonyl (C=O) groups is 1. The maximum Gasteiger partial charge on any atom is 0.328 e. The summed E-state index contributed by atoms with van der Waals surface area (Å²) in [6.07, 6.45) is 2.80. The third kappa shape index (κ3) is 5.37. The van der Waals surface area contributed by atoms with Crippen LogP contribution >= 0.6 is 23.1 Å². The first-order valence-electron chi connectivity index (χ1n) is 4.99. The van der Waals surface area contributed by atoms with Crippen molar-refractivity contribution in [3.63, 3.8) is 0 Å². The molecule has 0 aliphatic carbocycles. The number of carboxylic acid groups (broad SMARTS) is 1. The quantitative estimate of drug-likeness (QED) is 0.831. The van der Waals surface area contributed by atoms with Gasteiger partial charge in [0.25, 0.3) is 0 Å². The Morgan fingerprint density at radius 2 is 2.25 bits per heavy atom. The van der Waals surface area contributed by atoms with Crippen LogP contribution in [0.5, 0.6) is 0 Å². The molecule has 0 atom stereocenters. The summed E-state index contributed by atoms with van der Waals surface area (Å²) in [6, 6.07) is 2.04. The molecule has 2 nitrogen and oxygen atoms in total. The van der Waals surface area contributed by atoms with Crippen molar-refractivity contribution in [2.75, 3.05) is 0 Å². The fourth-order valence-electron chi connectivity index (χ4n) is 1.02. The van der Waals surface area contributed by atoms with Gasteiger partial charge in [-0.25, -0.2) is 4.79 Å². The van der Waals surface area contributed by atoms with E-state index < -0.39 is 5.97 Å². The number of aliphatic carboxylic acids is 1. The highest BCUT2D eigenvalue weighted by Gasteiger charge is 2.11. The molecular weight excluding hydrogens is 240 g/mol. The Kier molecular flexibility index (Phi) is 4.62. The predicted octanol–water partition coefficient (Wildman–Crippen LogP) is 3.88. The van der Waals surface area contributed by atoms with Crippen LogP contribution in [0, 0.1) is 0 Å². The van der Waals surface area contributed by atoms with Crippen LogP contribution in [0.2, 0.25) is 0 Å². The van der Waals surface area contributed by atoms with E-state index in [1.54, 1.807) is 17.4 Å². The second-order valence-electron chi connectivity index (χ2n) is 4.42. The van der Waals surface area contributed by atoms with Gasteiger partial charge in [0.2, 0.25) is 0 Å². The van der Waals surface area contributed by atoms with Crippen molar-refractivity contribution >= 4 is 35.1 Å². The first-order valence-corrected chi connectivity index (χ1v) is 6.86. The van der Waals surface area contributed by atoms with Crippen LogP contribution in [0.3, 0.4) is 0 Å². The Morgan fingerprint density at radius 3 is 2.81 bits per heavy atom. The van der Waals surface area contributed by atoms with Crippen LogP contribution < -0.4 is 0 Å². The second kappa shape index (κ2) is 5.55. The smallest absolute Gasteiger partial charge is 0.328 e. The van der Waals surface area contributed by atoms with Gasteiger partial charge in [0.1, 0.15) is 0 Å². The molecule has 0 bridgehead atoms. The zero-order valence-electron chi connectivity index (χ0n) is 9.69. The lowest BCUT2D eigenvalue weighted by molar-refractivity contribution is -0.131. The van der Waals surface area contributed by atoms with E-state index in [0.717, 1.165) is 11.3 Å². The minimum Gasteiger partial charge on any atom is -0.478 e. The maximum atomic E-state index is 10.3. The van der Waals surface area contributed by atoms with Crippen LogP contribution in [0.25, 0.3) is 6.08 Å². The molecule has 0 aliphatic rings. The summed E-state index contributed by atoms with van der Waals surface area (Å²) < 4.78 is 0.265. The molecule has 16 heavy (non-hydrogen) atoms. The second-order valence-corrected chi connectivity index (χ2v) is 7.22. The number of carboxylic acids is 1. The third-order valence-corrected chi connectivity index (χ3v) is 4.20. The Balaban J connectivity index is 2.55. The highest BCUT2D eigenvalue weighted by Crippen LogP contribution is 2.29. The first-order chi connectivity index (χ1) is 7.37. The summed E-state index contributed by atoms with van der Waals surface area (Å²) in [7, 11) is 0. The van der Waals surface area contributed by atoms with E-state index in [-0.39, 0.29) is 4.75 Å². The van der Waals surface area contributed by atoms with Crippen LogP contribution in [-0.2, 0) is 10.5 Å². The van der Waals surface area contributed by atoms with E-state index in [9.17, 15) is 4.79 Å². The zero-order chi connectivity index (χ0) is 12.2. The fraction of sp³-hybridized carbons (Fsp3) is 0.417. The van der Waals surface area contributed by atoms with E-state index in [2.05, 4.69) is 20.8 Å².